The van der Waals surface area contributed by atoms with Crippen LogP contribution in [0.3, 0.4) is 0 Å². The first-order valence-electron chi connectivity index (χ1n) is 6.40. The Hall–Kier alpha value is -2.06. The van der Waals surface area contributed by atoms with Crippen LogP contribution in [0.1, 0.15) is 0 Å². The van der Waals surface area contributed by atoms with Gasteiger partial charge in [-0.2, -0.15) is 0 Å². The van der Waals surface area contributed by atoms with Gasteiger partial charge >= 0.3 is 0 Å². The molecule has 0 bridgehead atoms. The minimum atomic E-state index is 0.532. The molecule has 0 heterocycles. The monoisotopic (exact) mass is 253 g/mol. The number of benzene rings is 2. The lowest BCUT2D eigenvalue weighted by molar-refractivity contribution is 0.350. The first-order chi connectivity index (χ1) is 9.31. The van der Waals surface area contributed by atoms with Crippen LogP contribution in [0, 0.1) is 0 Å². The topological polar surface area (TPSA) is 21.3 Å². The SMILES string of the molecule is C=C(CNC)COc1ccccc1-c1ccccc1. The van der Waals surface area contributed by atoms with E-state index in [1.54, 1.807) is 0 Å². The summed E-state index contributed by atoms with van der Waals surface area (Å²) in [4.78, 5) is 0. The lowest BCUT2D eigenvalue weighted by atomic mass is 10.1. The summed E-state index contributed by atoms with van der Waals surface area (Å²) in [6, 6.07) is 18.3. The van der Waals surface area contributed by atoms with Gasteiger partial charge in [-0.1, -0.05) is 55.1 Å². The fourth-order valence-electron chi connectivity index (χ4n) is 1.93. The number of hydrogen-bond acceptors (Lipinski definition) is 2. The Labute approximate surface area is 114 Å². The van der Waals surface area contributed by atoms with Crippen molar-refractivity contribution in [2.45, 2.75) is 0 Å². The zero-order valence-corrected chi connectivity index (χ0v) is 11.2. The van der Waals surface area contributed by atoms with E-state index in [1.807, 2.05) is 43.4 Å². The molecule has 0 aliphatic carbocycles. The maximum absolute atomic E-state index is 5.87. The van der Waals surface area contributed by atoms with Crippen molar-refractivity contribution in [2.75, 3.05) is 20.2 Å². The van der Waals surface area contributed by atoms with Gasteiger partial charge in [0.05, 0.1) is 0 Å². The summed E-state index contributed by atoms with van der Waals surface area (Å²) in [6.07, 6.45) is 0. The highest BCUT2D eigenvalue weighted by atomic mass is 16.5. The maximum atomic E-state index is 5.87. The third-order valence-corrected chi connectivity index (χ3v) is 2.83. The standard InChI is InChI=1S/C17H19NO/c1-14(12-18-2)13-19-17-11-7-6-10-16(17)15-8-4-3-5-9-15/h3-11,18H,1,12-13H2,2H3. The molecule has 0 spiro atoms. The molecule has 2 heteroatoms. The Kier molecular flexibility index (Phi) is 4.76. The molecule has 0 saturated carbocycles. The molecule has 2 nitrogen and oxygen atoms in total. The minimum absolute atomic E-state index is 0.532. The maximum Gasteiger partial charge on any atom is 0.127 e. The van der Waals surface area contributed by atoms with E-state index in [2.05, 4.69) is 30.1 Å². The molecule has 0 atom stereocenters. The molecule has 0 fully saturated rings. The Bertz CT molecular complexity index is 534. The smallest absolute Gasteiger partial charge is 0.127 e. The molecule has 0 aliphatic heterocycles. The van der Waals surface area contributed by atoms with Gasteiger partial charge in [-0.3, -0.25) is 0 Å². The van der Waals surface area contributed by atoms with Crippen LogP contribution in [0.5, 0.6) is 5.75 Å². The van der Waals surface area contributed by atoms with Gasteiger partial charge in [0.2, 0.25) is 0 Å². The van der Waals surface area contributed by atoms with Gasteiger partial charge in [-0.25, -0.2) is 0 Å². The molecule has 2 aromatic rings. The third-order valence-electron chi connectivity index (χ3n) is 2.83. The molecule has 0 unspecified atom stereocenters. The van der Waals surface area contributed by atoms with Gasteiger partial charge in [0.15, 0.2) is 0 Å². The second kappa shape index (κ2) is 6.76. The Morgan fingerprint density at radius 3 is 2.47 bits per heavy atom. The molecule has 98 valence electrons. The van der Waals surface area contributed by atoms with Crippen molar-refractivity contribution < 1.29 is 4.74 Å². The van der Waals surface area contributed by atoms with Gasteiger partial charge in [0.25, 0.3) is 0 Å². The Morgan fingerprint density at radius 1 is 1.05 bits per heavy atom. The van der Waals surface area contributed by atoms with Crippen LogP contribution in [0.15, 0.2) is 66.7 Å². The molecule has 2 rings (SSSR count). The van der Waals surface area contributed by atoms with E-state index in [9.17, 15) is 0 Å². The molecule has 0 radical (unpaired) electrons. The summed E-state index contributed by atoms with van der Waals surface area (Å²) in [5.41, 5.74) is 3.31. The second-order valence-corrected chi connectivity index (χ2v) is 4.43. The summed E-state index contributed by atoms with van der Waals surface area (Å²) in [6.45, 7) is 5.28. The normalized spacial score (nSPS) is 10.2. The summed E-state index contributed by atoms with van der Waals surface area (Å²) >= 11 is 0. The van der Waals surface area contributed by atoms with E-state index in [0.29, 0.717) is 6.61 Å². The van der Waals surface area contributed by atoms with Crippen LogP contribution in [0.25, 0.3) is 11.1 Å². The lowest BCUT2D eigenvalue weighted by Crippen LogP contribution is -2.14. The zero-order valence-electron chi connectivity index (χ0n) is 11.2. The summed E-state index contributed by atoms with van der Waals surface area (Å²) in [7, 11) is 1.91. The zero-order chi connectivity index (χ0) is 13.5. The predicted molar refractivity (Wildman–Crippen MR) is 80.4 cm³/mol. The molecule has 19 heavy (non-hydrogen) atoms. The van der Waals surface area contributed by atoms with Crippen molar-refractivity contribution in [1.82, 2.24) is 5.32 Å². The Morgan fingerprint density at radius 2 is 1.74 bits per heavy atom. The predicted octanol–water partition coefficient (Wildman–Crippen LogP) is 3.51. The molecular formula is C17H19NO. The number of nitrogens with one attached hydrogen (secondary N) is 1. The van der Waals surface area contributed by atoms with Crippen molar-refractivity contribution in [2.24, 2.45) is 0 Å². The molecule has 0 aliphatic rings. The molecular weight excluding hydrogens is 234 g/mol. The number of rotatable bonds is 6. The van der Waals surface area contributed by atoms with E-state index < -0.39 is 0 Å². The van der Waals surface area contributed by atoms with Crippen molar-refractivity contribution in [3.8, 4) is 16.9 Å². The van der Waals surface area contributed by atoms with Gasteiger partial charge < -0.3 is 10.1 Å². The lowest BCUT2D eigenvalue weighted by Gasteiger charge is -2.12. The van der Waals surface area contributed by atoms with Crippen LogP contribution in [0.2, 0.25) is 0 Å². The number of ether oxygens (including phenoxy) is 1. The largest absolute Gasteiger partial charge is 0.489 e. The highest BCUT2D eigenvalue weighted by Gasteiger charge is 2.05. The van der Waals surface area contributed by atoms with E-state index >= 15 is 0 Å². The van der Waals surface area contributed by atoms with Gasteiger partial charge in [-0.15, -0.1) is 0 Å². The fourth-order valence-corrected chi connectivity index (χ4v) is 1.93. The van der Waals surface area contributed by atoms with Crippen molar-refractivity contribution >= 4 is 0 Å². The fraction of sp³-hybridized carbons (Fsp3) is 0.176. The summed E-state index contributed by atoms with van der Waals surface area (Å²) < 4.78 is 5.87. The van der Waals surface area contributed by atoms with Crippen LogP contribution in [0.4, 0.5) is 0 Å². The second-order valence-electron chi connectivity index (χ2n) is 4.43. The third kappa shape index (κ3) is 3.70. The van der Waals surface area contributed by atoms with Crippen LogP contribution >= 0.6 is 0 Å². The molecule has 0 amide bonds. The van der Waals surface area contributed by atoms with Gasteiger partial charge in [0.1, 0.15) is 12.4 Å². The number of hydrogen-bond donors (Lipinski definition) is 1. The van der Waals surface area contributed by atoms with E-state index in [4.69, 9.17) is 4.74 Å². The van der Waals surface area contributed by atoms with Gasteiger partial charge in [0, 0.05) is 12.1 Å². The number of likely N-dealkylation sites (N-methyl/N-ethyl adjacent to an activating group) is 1. The molecule has 0 aromatic heterocycles. The van der Waals surface area contributed by atoms with Crippen LogP contribution < -0.4 is 10.1 Å². The van der Waals surface area contributed by atoms with Gasteiger partial charge in [-0.05, 0) is 24.3 Å². The van der Waals surface area contributed by atoms with Crippen LogP contribution in [-0.2, 0) is 0 Å². The van der Waals surface area contributed by atoms with Crippen molar-refractivity contribution in [3.05, 3.63) is 66.7 Å². The highest BCUT2D eigenvalue weighted by Crippen LogP contribution is 2.29. The molecule has 0 saturated heterocycles. The molecule has 2 aromatic carbocycles. The van der Waals surface area contributed by atoms with E-state index in [-0.39, 0.29) is 0 Å². The number of para-hydroxylation sites is 1. The Balaban J connectivity index is 2.15. The molecule has 1 N–H and O–H groups in total. The first-order valence-corrected chi connectivity index (χ1v) is 6.40. The van der Waals surface area contributed by atoms with E-state index in [0.717, 1.165) is 29.0 Å². The first kappa shape index (κ1) is 13.4. The van der Waals surface area contributed by atoms with E-state index in [1.165, 1.54) is 0 Å². The minimum Gasteiger partial charge on any atom is -0.489 e. The van der Waals surface area contributed by atoms with Crippen LogP contribution in [-0.4, -0.2) is 20.2 Å². The average Bonchev–Trinajstić information content (AvgIpc) is 2.47. The average molecular weight is 253 g/mol. The van der Waals surface area contributed by atoms with Crippen molar-refractivity contribution in [1.29, 1.82) is 0 Å². The summed E-state index contributed by atoms with van der Waals surface area (Å²) in [5, 5.41) is 3.07. The van der Waals surface area contributed by atoms with Crippen molar-refractivity contribution in [3.63, 3.8) is 0 Å². The quantitative estimate of drug-likeness (QED) is 0.795. The highest BCUT2D eigenvalue weighted by molar-refractivity contribution is 5.70. The summed E-state index contributed by atoms with van der Waals surface area (Å²) in [5.74, 6) is 0.894.